The molecule has 0 aromatic carbocycles. The van der Waals surface area contributed by atoms with Crippen LogP contribution in [0.5, 0.6) is 0 Å². The number of hydrogen-bond donors (Lipinski definition) is 2. The molecule has 7 heteroatoms. The number of methoxy groups -OCH3 is 1. The Labute approximate surface area is 110 Å². The number of likely N-dealkylation sites (N-methyl/N-ethyl adjacent to an activating group) is 1. The summed E-state index contributed by atoms with van der Waals surface area (Å²) in [5.41, 5.74) is 0. The van der Waals surface area contributed by atoms with E-state index in [0.717, 1.165) is 32.4 Å². The quantitative estimate of drug-likeness (QED) is 0.610. The molecule has 1 rings (SSSR count). The largest absolute Gasteiger partial charge is 0.383 e. The maximum absolute atomic E-state index is 12.2. The van der Waals surface area contributed by atoms with Crippen molar-refractivity contribution in [1.82, 2.24) is 14.3 Å². The standard InChI is InChI=1S/C11H25N3O3S/c1-3-12-10-11-6-4-5-8-14(11)18(15,16)13-7-9-17-2/h11-13H,3-10H2,1-2H3. The van der Waals surface area contributed by atoms with E-state index in [1.807, 2.05) is 6.92 Å². The topological polar surface area (TPSA) is 70.7 Å². The normalized spacial score (nSPS) is 22.2. The molecular weight excluding hydrogens is 254 g/mol. The monoisotopic (exact) mass is 279 g/mol. The predicted molar refractivity (Wildman–Crippen MR) is 71.7 cm³/mol. The number of nitrogens with one attached hydrogen (secondary N) is 2. The Bertz CT molecular complexity index is 321. The van der Waals surface area contributed by atoms with Gasteiger partial charge in [0.2, 0.25) is 0 Å². The Hall–Kier alpha value is -0.210. The molecule has 1 atom stereocenters. The fourth-order valence-corrected chi connectivity index (χ4v) is 3.61. The fourth-order valence-electron chi connectivity index (χ4n) is 2.16. The first-order valence-electron chi connectivity index (χ1n) is 6.58. The third-order valence-electron chi connectivity index (χ3n) is 3.10. The summed E-state index contributed by atoms with van der Waals surface area (Å²) < 4.78 is 33.4. The summed E-state index contributed by atoms with van der Waals surface area (Å²) in [6.07, 6.45) is 2.96. The van der Waals surface area contributed by atoms with Crippen molar-refractivity contribution < 1.29 is 13.2 Å². The highest BCUT2D eigenvalue weighted by Gasteiger charge is 2.31. The second kappa shape index (κ2) is 8.06. The highest BCUT2D eigenvalue weighted by Crippen LogP contribution is 2.19. The molecule has 1 aliphatic heterocycles. The van der Waals surface area contributed by atoms with Gasteiger partial charge in [0.15, 0.2) is 0 Å². The number of hydrogen-bond acceptors (Lipinski definition) is 4. The maximum atomic E-state index is 12.2. The Kier molecular flexibility index (Phi) is 7.10. The molecule has 1 fully saturated rings. The highest BCUT2D eigenvalue weighted by molar-refractivity contribution is 7.87. The lowest BCUT2D eigenvalue weighted by molar-refractivity contribution is 0.201. The zero-order valence-electron chi connectivity index (χ0n) is 11.3. The van der Waals surface area contributed by atoms with Gasteiger partial charge in [0.05, 0.1) is 6.61 Å². The zero-order chi connectivity index (χ0) is 13.4. The summed E-state index contributed by atoms with van der Waals surface area (Å²) in [6.45, 7) is 4.94. The molecule has 0 aromatic heterocycles. The van der Waals surface area contributed by atoms with Crippen molar-refractivity contribution in [2.75, 3.05) is 39.9 Å². The van der Waals surface area contributed by atoms with Crippen LogP contribution in [0.4, 0.5) is 0 Å². The van der Waals surface area contributed by atoms with Gasteiger partial charge in [-0.1, -0.05) is 13.3 Å². The van der Waals surface area contributed by atoms with Crippen LogP contribution < -0.4 is 10.0 Å². The average Bonchev–Trinajstić information content (AvgIpc) is 2.37. The Morgan fingerprint density at radius 1 is 1.39 bits per heavy atom. The first-order chi connectivity index (χ1) is 8.61. The molecule has 0 saturated carbocycles. The summed E-state index contributed by atoms with van der Waals surface area (Å²) in [5.74, 6) is 0. The fraction of sp³-hybridized carbons (Fsp3) is 1.00. The lowest BCUT2D eigenvalue weighted by Gasteiger charge is -2.34. The van der Waals surface area contributed by atoms with E-state index >= 15 is 0 Å². The first kappa shape index (κ1) is 15.8. The molecule has 2 N–H and O–H groups in total. The minimum atomic E-state index is -3.37. The van der Waals surface area contributed by atoms with E-state index in [2.05, 4.69) is 10.0 Å². The molecule has 108 valence electrons. The molecule has 0 aromatic rings. The molecule has 0 spiro atoms. The predicted octanol–water partition coefficient (Wildman–Crippen LogP) is -0.0688. The van der Waals surface area contributed by atoms with Gasteiger partial charge in [-0.15, -0.1) is 0 Å². The summed E-state index contributed by atoms with van der Waals surface area (Å²) in [6, 6.07) is 0.0683. The second-order valence-electron chi connectivity index (χ2n) is 4.46. The van der Waals surface area contributed by atoms with Gasteiger partial charge in [-0.25, -0.2) is 0 Å². The van der Waals surface area contributed by atoms with E-state index < -0.39 is 10.2 Å². The molecule has 0 amide bonds. The first-order valence-corrected chi connectivity index (χ1v) is 8.02. The minimum Gasteiger partial charge on any atom is -0.383 e. The molecule has 1 saturated heterocycles. The average molecular weight is 279 g/mol. The van der Waals surface area contributed by atoms with Gasteiger partial charge in [-0.2, -0.15) is 17.4 Å². The zero-order valence-corrected chi connectivity index (χ0v) is 12.1. The minimum absolute atomic E-state index is 0.0683. The van der Waals surface area contributed by atoms with E-state index in [9.17, 15) is 8.42 Å². The van der Waals surface area contributed by atoms with Gasteiger partial charge in [0, 0.05) is 32.8 Å². The highest BCUT2D eigenvalue weighted by atomic mass is 32.2. The van der Waals surface area contributed by atoms with Crippen molar-refractivity contribution in [3.8, 4) is 0 Å². The van der Waals surface area contributed by atoms with Crippen LogP contribution in [-0.4, -0.2) is 58.7 Å². The third-order valence-corrected chi connectivity index (χ3v) is 4.77. The van der Waals surface area contributed by atoms with Gasteiger partial charge in [-0.3, -0.25) is 0 Å². The summed E-state index contributed by atoms with van der Waals surface area (Å²) >= 11 is 0. The molecule has 0 radical (unpaired) electrons. The molecule has 0 bridgehead atoms. The van der Waals surface area contributed by atoms with Crippen LogP contribution in [0.25, 0.3) is 0 Å². The number of rotatable bonds is 8. The van der Waals surface area contributed by atoms with E-state index in [4.69, 9.17) is 4.74 Å². The number of piperidine rings is 1. The van der Waals surface area contributed by atoms with Gasteiger partial charge >= 0.3 is 0 Å². The third kappa shape index (κ3) is 4.81. The van der Waals surface area contributed by atoms with Crippen molar-refractivity contribution in [2.24, 2.45) is 0 Å². The van der Waals surface area contributed by atoms with E-state index in [-0.39, 0.29) is 6.04 Å². The molecule has 1 heterocycles. The van der Waals surface area contributed by atoms with Crippen LogP contribution in [0, 0.1) is 0 Å². The van der Waals surface area contributed by atoms with Crippen LogP contribution in [0.1, 0.15) is 26.2 Å². The molecule has 1 unspecified atom stereocenters. The summed E-state index contributed by atoms with van der Waals surface area (Å²) in [7, 11) is -1.81. The van der Waals surface area contributed by atoms with E-state index in [1.54, 1.807) is 11.4 Å². The van der Waals surface area contributed by atoms with Crippen LogP contribution in [-0.2, 0) is 14.9 Å². The van der Waals surface area contributed by atoms with Gasteiger partial charge < -0.3 is 10.1 Å². The second-order valence-corrected chi connectivity index (χ2v) is 6.17. The molecule has 6 nitrogen and oxygen atoms in total. The van der Waals surface area contributed by atoms with Gasteiger partial charge in [0.1, 0.15) is 0 Å². The smallest absolute Gasteiger partial charge is 0.279 e. The Balaban J connectivity index is 2.57. The van der Waals surface area contributed by atoms with Gasteiger partial charge in [-0.05, 0) is 19.4 Å². The maximum Gasteiger partial charge on any atom is 0.279 e. The van der Waals surface area contributed by atoms with Crippen molar-refractivity contribution in [1.29, 1.82) is 0 Å². The lowest BCUT2D eigenvalue weighted by Crippen LogP contribution is -2.52. The molecule has 1 aliphatic rings. The van der Waals surface area contributed by atoms with Crippen molar-refractivity contribution in [3.05, 3.63) is 0 Å². The van der Waals surface area contributed by atoms with Crippen molar-refractivity contribution >= 4 is 10.2 Å². The SMILES string of the molecule is CCNCC1CCCCN1S(=O)(=O)NCCOC. The number of nitrogens with zero attached hydrogens (tertiary/aromatic N) is 1. The lowest BCUT2D eigenvalue weighted by atomic mass is 10.1. The van der Waals surface area contributed by atoms with Crippen LogP contribution in [0.2, 0.25) is 0 Å². The molecular formula is C11H25N3O3S. The Morgan fingerprint density at radius 3 is 2.83 bits per heavy atom. The van der Waals surface area contributed by atoms with E-state index in [0.29, 0.717) is 19.7 Å². The summed E-state index contributed by atoms with van der Waals surface area (Å²) in [5, 5.41) is 3.23. The molecule has 18 heavy (non-hydrogen) atoms. The van der Waals surface area contributed by atoms with Crippen LogP contribution >= 0.6 is 0 Å². The molecule has 0 aliphatic carbocycles. The van der Waals surface area contributed by atoms with Crippen LogP contribution in [0.15, 0.2) is 0 Å². The van der Waals surface area contributed by atoms with Crippen molar-refractivity contribution in [3.63, 3.8) is 0 Å². The number of ether oxygens (including phenoxy) is 1. The Morgan fingerprint density at radius 2 is 2.17 bits per heavy atom. The summed E-state index contributed by atoms with van der Waals surface area (Å²) in [4.78, 5) is 0. The van der Waals surface area contributed by atoms with E-state index in [1.165, 1.54) is 0 Å². The van der Waals surface area contributed by atoms with Crippen LogP contribution in [0.3, 0.4) is 0 Å². The van der Waals surface area contributed by atoms with Crippen molar-refractivity contribution in [2.45, 2.75) is 32.2 Å². The van der Waals surface area contributed by atoms with Gasteiger partial charge in [0.25, 0.3) is 10.2 Å².